The Balaban J connectivity index is 2.13. The molecule has 0 aromatic heterocycles. The molecule has 1 unspecified atom stereocenters. The largest absolute Gasteiger partial charge is 0.491 e. The quantitative estimate of drug-likeness (QED) is 0.652. The Hall–Kier alpha value is -0.810. The molecule has 1 rings (SSSR count). The Morgan fingerprint density at radius 3 is 2.90 bits per heavy atom. The van der Waals surface area contributed by atoms with E-state index in [1.54, 1.807) is 12.1 Å². The van der Waals surface area contributed by atoms with Gasteiger partial charge in [0.15, 0.2) is 0 Å². The lowest BCUT2D eigenvalue weighted by atomic mass is 10.2. The number of ether oxygens (including phenoxy) is 2. The van der Waals surface area contributed by atoms with Crippen molar-refractivity contribution >= 4 is 11.6 Å². The van der Waals surface area contributed by atoms with Gasteiger partial charge in [0.25, 0.3) is 0 Å². The van der Waals surface area contributed by atoms with Crippen LogP contribution in [0.25, 0.3) is 0 Å². The van der Waals surface area contributed by atoms with Crippen molar-refractivity contribution in [1.29, 1.82) is 0 Å². The summed E-state index contributed by atoms with van der Waals surface area (Å²) in [5.74, 6) is 0.724. The Bertz CT molecular complexity index is 387. The molecule has 1 aromatic rings. The molecule has 0 bridgehead atoms. The number of halogens is 1. The first-order valence-electron chi connectivity index (χ1n) is 6.99. The molecule has 0 heterocycles. The average molecular weight is 302 g/mol. The van der Waals surface area contributed by atoms with Gasteiger partial charge in [-0.05, 0) is 50.6 Å². The highest BCUT2D eigenvalue weighted by atomic mass is 35.5. The molecule has 0 saturated heterocycles. The minimum absolute atomic E-state index is 0.263. The summed E-state index contributed by atoms with van der Waals surface area (Å²) in [7, 11) is 0. The maximum Gasteiger partial charge on any atom is 0.119 e. The van der Waals surface area contributed by atoms with Gasteiger partial charge in [0.05, 0.1) is 0 Å². The maximum absolute atomic E-state index is 9.79. The summed E-state index contributed by atoms with van der Waals surface area (Å²) in [6.45, 7) is 7.00. The number of nitrogens with one attached hydrogen (secondary N) is 1. The molecule has 1 atom stereocenters. The zero-order chi connectivity index (χ0) is 14.8. The molecule has 0 saturated carbocycles. The van der Waals surface area contributed by atoms with Gasteiger partial charge in [0.1, 0.15) is 18.5 Å². The van der Waals surface area contributed by atoms with Crippen LogP contribution in [0.3, 0.4) is 0 Å². The first kappa shape index (κ1) is 17.2. The normalized spacial score (nSPS) is 12.4. The van der Waals surface area contributed by atoms with E-state index in [1.165, 1.54) is 0 Å². The van der Waals surface area contributed by atoms with Gasteiger partial charge in [-0.1, -0.05) is 11.6 Å². The monoisotopic (exact) mass is 301 g/mol. The Morgan fingerprint density at radius 2 is 2.20 bits per heavy atom. The number of hydrogen-bond donors (Lipinski definition) is 2. The van der Waals surface area contributed by atoms with Gasteiger partial charge in [-0.2, -0.15) is 0 Å². The summed E-state index contributed by atoms with van der Waals surface area (Å²) in [5, 5.41) is 13.7. The van der Waals surface area contributed by atoms with E-state index < -0.39 is 6.10 Å². The Kier molecular flexibility index (Phi) is 8.62. The SMILES string of the molecule is CCOCCCNCC(O)COc1ccc(Cl)c(C)c1. The molecule has 20 heavy (non-hydrogen) atoms. The zero-order valence-corrected chi connectivity index (χ0v) is 12.9. The standard InChI is InChI=1S/C15H24ClNO3/c1-3-19-8-4-7-17-10-13(18)11-20-14-5-6-15(16)12(2)9-14/h5-6,9,13,17-18H,3-4,7-8,10-11H2,1-2H3. The number of aryl methyl sites for hydroxylation is 1. The van der Waals surface area contributed by atoms with Crippen molar-refractivity contribution in [1.82, 2.24) is 5.32 Å². The van der Waals surface area contributed by atoms with Crippen LogP contribution < -0.4 is 10.1 Å². The van der Waals surface area contributed by atoms with Crippen LogP contribution in [-0.2, 0) is 4.74 Å². The average Bonchev–Trinajstić information content (AvgIpc) is 2.44. The first-order chi connectivity index (χ1) is 9.63. The molecule has 0 aliphatic heterocycles. The highest BCUT2D eigenvalue weighted by Gasteiger charge is 2.05. The van der Waals surface area contributed by atoms with Crippen molar-refractivity contribution in [2.75, 3.05) is 32.9 Å². The third kappa shape index (κ3) is 7.10. The van der Waals surface area contributed by atoms with Crippen LogP contribution in [0.4, 0.5) is 0 Å². The summed E-state index contributed by atoms with van der Waals surface area (Å²) >= 11 is 5.94. The molecule has 5 heteroatoms. The topological polar surface area (TPSA) is 50.7 Å². The minimum atomic E-state index is -0.530. The predicted molar refractivity (Wildman–Crippen MR) is 81.7 cm³/mol. The van der Waals surface area contributed by atoms with Gasteiger partial charge >= 0.3 is 0 Å². The van der Waals surface area contributed by atoms with Crippen LogP contribution in [-0.4, -0.2) is 44.1 Å². The lowest BCUT2D eigenvalue weighted by molar-refractivity contribution is 0.104. The van der Waals surface area contributed by atoms with E-state index in [9.17, 15) is 5.11 Å². The molecular weight excluding hydrogens is 278 g/mol. The fourth-order valence-corrected chi connectivity index (χ4v) is 1.79. The second kappa shape index (κ2) is 10.00. The molecule has 1 aromatic carbocycles. The molecule has 0 amide bonds. The molecule has 0 aliphatic carbocycles. The molecule has 114 valence electrons. The van der Waals surface area contributed by atoms with Crippen molar-refractivity contribution in [3.63, 3.8) is 0 Å². The van der Waals surface area contributed by atoms with E-state index in [2.05, 4.69) is 5.32 Å². The summed E-state index contributed by atoms with van der Waals surface area (Å²) < 4.78 is 10.8. The zero-order valence-electron chi connectivity index (χ0n) is 12.2. The van der Waals surface area contributed by atoms with Crippen LogP contribution in [0, 0.1) is 6.92 Å². The third-order valence-corrected chi connectivity index (χ3v) is 3.22. The number of benzene rings is 1. The highest BCUT2D eigenvalue weighted by Crippen LogP contribution is 2.20. The van der Waals surface area contributed by atoms with Gasteiger partial charge in [0.2, 0.25) is 0 Å². The highest BCUT2D eigenvalue weighted by molar-refractivity contribution is 6.31. The van der Waals surface area contributed by atoms with Crippen molar-refractivity contribution in [2.24, 2.45) is 0 Å². The number of rotatable bonds is 10. The van der Waals surface area contributed by atoms with E-state index in [0.29, 0.717) is 11.6 Å². The summed E-state index contributed by atoms with van der Waals surface area (Å²) in [6.07, 6.45) is 0.413. The van der Waals surface area contributed by atoms with Gasteiger partial charge in [-0.3, -0.25) is 0 Å². The number of aliphatic hydroxyl groups excluding tert-OH is 1. The first-order valence-corrected chi connectivity index (χ1v) is 7.36. The molecule has 4 nitrogen and oxygen atoms in total. The van der Waals surface area contributed by atoms with Crippen molar-refractivity contribution < 1.29 is 14.6 Å². The maximum atomic E-state index is 9.79. The van der Waals surface area contributed by atoms with E-state index in [0.717, 1.165) is 37.5 Å². The number of aliphatic hydroxyl groups is 1. The van der Waals surface area contributed by atoms with Crippen LogP contribution in [0.1, 0.15) is 18.9 Å². The van der Waals surface area contributed by atoms with E-state index >= 15 is 0 Å². The molecule has 0 radical (unpaired) electrons. The molecule has 0 aliphatic rings. The second-order valence-corrected chi connectivity index (χ2v) is 5.04. The van der Waals surface area contributed by atoms with Gasteiger partial charge in [0, 0.05) is 24.8 Å². The smallest absolute Gasteiger partial charge is 0.119 e. The van der Waals surface area contributed by atoms with Crippen LogP contribution >= 0.6 is 11.6 Å². The summed E-state index contributed by atoms with van der Waals surface area (Å²) in [5.41, 5.74) is 0.965. The Morgan fingerprint density at radius 1 is 1.40 bits per heavy atom. The molecule has 0 spiro atoms. The van der Waals surface area contributed by atoms with Gasteiger partial charge in [-0.15, -0.1) is 0 Å². The van der Waals surface area contributed by atoms with Gasteiger partial charge < -0.3 is 19.9 Å². The van der Waals surface area contributed by atoms with E-state index in [4.69, 9.17) is 21.1 Å². The second-order valence-electron chi connectivity index (χ2n) is 4.63. The van der Waals surface area contributed by atoms with Crippen LogP contribution in [0.2, 0.25) is 5.02 Å². The van der Waals surface area contributed by atoms with E-state index in [-0.39, 0.29) is 6.61 Å². The summed E-state index contributed by atoms with van der Waals surface area (Å²) in [4.78, 5) is 0. The fraction of sp³-hybridized carbons (Fsp3) is 0.600. The fourth-order valence-electron chi connectivity index (χ4n) is 1.67. The lowest BCUT2D eigenvalue weighted by Gasteiger charge is -2.14. The lowest BCUT2D eigenvalue weighted by Crippen LogP contribution is -2.32. The Labute approximate surface area is 126 Å². The van der Waals surface area contributed by atoms with Crippen molar-refractivity contribution in [3.8, 4) is 5.75 Å². The summed E-state index contributed by atoms with van der Waals surface area (Å²) in [6, 6.07) is 5.47. The minimum Gasteiger partial charge on any atom is -0.491 e. The number of hydrogen-bond acceptors (Lipinski definition) is 4. The third-order valence-electron chi connectivity index (χ3n) is 2.80. The van der Waals surface area contributed by atoms with Crippen LogP contribution in [0.15, 0.2) is 18.2 Å². The van der Waals surface area contributed by atoms with Crippen LogP contribution in [0.5, 0.6) is 5.75 Å². The van der Waals surface area contributed by atoms with Crippen molar-refractivity contribution in [3.05, 3.63) is 28.8 Å². The van der Waals surface area contributed by atoms with Gasteiger partial charge in [-0.25, -0.2) is 0 Å². The van der Waals surface area contributed by atoms with E-state index in [1.807, 2.05) is 19.9 Å². The molecule has 2 N–H and O–H groups in total. The molecular formula is C15H24ClNO3. The predicted octanol–water partition coefficient (Wildman–Crippen LogP) is 2.40. The van der Waals surface area contributed by atoms with Crippen molar-refractivity contribution in [2.45, 2.75) is 26.4 Å². The molecule has 0 fully saturated rings.